The van der Waals surface area contributed by atoms with Crippen LogP contribution in [0, 0.1) is 0 Å². The Kier molecular flexibility index (Phi) is 8.00. The Labute approximate surface area is 200 Å². The number of rotatable bonds is 2. The third kappa shape index (κ3) is 5.90. The second-order valence-corrected chi connectivity index (χ2v) is 9.65. The fraction of sp³-hybridized carbons (Fsp3) is 0.409. The number of benzene rings is 1. The van der Waals surface area contributed by atoms with Gasteiger partial charge < -0.3 is 14.7 Å². The van der Waals surface area contributed by atoms with Crippen LogP contribution in [0.3, 0.4) is 0 Å². The van der Waals surface area contributed by atoms with Crippen molar-refractivity contribution < 1.29 is 41.0 Å². The molecule has 0 bridgehead atoms. The van der Waals surface area contributed by atoms with E-state index in [9.17, 15) is 26.4 Å². The number of fused-ring (bicyclic) bond motifs is 2. The van der Waals surface area contributed by atoms with E-state index in [1.807, 2.05) is 6.92 Å². The average molecular weight is 516 g/mol. The predicted molar refractivity (Wildman–Crippen MR) is 117 cm³/mol. The summed E-state index contributed by atoms with van der Waals surface area (Å²) < 4.78 is 65.9. The van der Waals surface area contributed by atoms with Crippen LogP contribution in [0.25, 0.3) is 0 Å². The van der Waals surface area contributed by atoms with E-state index in [0.717, 1.165) is 0 Å². The van der Waals surface area contributed by atoms with Crippen molar-refractivity contribution in [1.29, 1.82) is 0 Å². The monoisotopic (exact) mass is 515 g/mol. The zero-order valence-electron chi connectivity index (χ0n) is 18.7. The largest absolute Gasteiger partial charge is 0.490 e. The maximum atomic E-state index is 13.2. The Balaban J connectivity index is 0.000000429. The molecule has 0 aliphatic carbocycles. The van der Waals surface area contributed by atoms with Crippen molar-refractivity contribution in [2.24, 2.45) is 0 Å². The molecule has 3 heterocycles. The van der Waals surface area contributed by atoms with Crippen LogP contribution in [0.4, 0.5) is 13.2 Å². The predicted octanol–water partition coefficient (Wildman–Crippen LogP) is 2.79. The summed E-state index contributed by atoms with van der Waals surface area (Å²) in [7, 11) is -3.65. The minimum absolute atomic E-state index is 0.0872. The molecule has 1 aromatic heterocycles. The van der Waals surface area contributed by atoms with Crippen LogP contribution in [0.15, 0.2) is 53.7 Å². The fourth-order valence-corrected chi connectivity index (χ4v) is 5.85. The second-order valence-electron chi connectivity index (χ2n) is 7.79. The molecule has 1 saturated heterocycles. The number of carbonyl (C=O) groups excluding carboxylic acids is 1. The van der Waals surface area contributed by atoms with Crippen molar-refractivity contribution in [3.8, 4) is 5.75 Å². The fourth-order valence-electron chi connectivity index (χ4n) is 4.04. The standard InChI is InChI=1S/C20H23N3O4S.C2HF3O2/c1-2-23-16-9-12-22(20(24)15-6-5-11-21-14-15)13-10-17(16)27-18-7-3-4-8-19(18)28(23,25)26;3-2(4,5)1(6)7/h3-8,11,14,16-17H,2,9-10,12-13H2,1H3;(H,6,7)/t16-,17-;/m0./s1. The molecule has 2 atom stereocenters. The van der Waals surface area contributed by atoms with Crippen LogP contribution in [-0.4, -0.2) is 77.5 Å². The highest BCUT2D eigenvalue weighted by atomic mass is 32.2. The molecule has 2 aliphatic rings. The summed E-state index contributed by atoms with van der Waals surface area (Å²) in [4.78, 5) is 27.7. The van der Waals surface area contributed by atoms with Gasteiger partial charge in [-0.3, -0.25) is 9.78 Å². The quantitative estimate of drug-likeness (QED) is 0.654. The van der Waals surface area contributed by atoms with Gasteiger partial charge in [0.1, 0.15) is 16.7 Å². The maximum Gasteiger partial charge on any atom is 0.490 e. The number of pyridine rings is 1. The molecule has 190 valence electrons. The van der Waals surface area contributed by atoms with Crippen molar-refractivity contribution in [3.05, 3.63) is 54.4 Å². The molecule has 1 N–H and O–H groups in total. The van der Waals surface area contributed by atoms with Gasteiger partial charge in [0.2, 0.25) is 10.0 Å². The second kappa shape index (κ2) is 10.6. The third-order valence-corrected chi connectivity index (χ3v) is 7.68. The molecule has 0 spiro atoms. The Morgan fingerprint density at radius 2 is 1.80 bits per heavy atom. The number of hydrogen-bond acceptors (Lipinski definition) is 6. The van der Waals surface area contributed by atoms with E-state index in [2.05, 4.69) is 4.98 Å². The number of likely N-dealkylation sites (tertiary alicyclic amines) is 1. The van der Waals surface area contributed by atoms with Crippen LogP contribution in [0.5, 0.6) is 5.75 Å². The number of amides is 1. The van der Waals surface area contributed by atoms with Gasteiger partial charge in [0, 0.05) is 38.4 Å². The molecule has 1 amide bonds. The van der Waals surface area contributed by atoms with Crippen molar-refractivity contribution in [1.82, 2.24) is 14.2 Å². The molecule has 0 saturated carbocycles. The highest BCUT2D eigenvalue weighted by Gasteiger charge is 2.43. The summed E-state index contributed by atoms with van der Waals surface area (Å²) >= 11 is 0. The average Bonchev–Trinajstić information content (AvgIpc) is 3.06. The van der Waals surface area contributed by atoms with Gasteiger partial charge in [0.15, 0.2) is 0 Å². The van der Waals surface area contributed by atoms with Crippen molar-refractivity contribution in [3.63, 3.8) is 0 Å². The lowest BCUT2D eigenvalue weighted by Gasteiger charge is -2.30. The summed E-state index contributed by atoms with van der Waals surface area (Å²) in [5.41, 5.74) is 0.538. The van der Waals surface area contributed by atoms with E-state index in [-0.39, 0.29) is 22.9 Å². The number of carbonyl (C=O) groups is 2. The molecule has 4 rings (SSSR count). The summed E-state index contributed by atoms with van der Waals surface area (Å²) in [6, 6.07) is 9.95. The Hall–Kier alpha value is -3.19. The van der Waals surface area contributed by atoms with Crippen molar-refractivity contribution >= 4 is 21.9 Å². The smallest absolute Gasteiger partial charge is 0.487 e. The molecule has 9 nitrogen and oxygen atoms in total. The molecule has 35 heavy (non-hydrogen) atoms. The topological polar surface area (TPSA) is 117 Å². The zero-order valence-corrected chi connectivity index (χ0v) is 19.5. The van der Waals surface area contributed by atoms with Crippen LogP contribution >= 0.6 is 0 Å². The van der Waals surface area contributed by atoms with E-state index in [1.165, 1.54) is 4.31 Å². The lowest BCUT2D eigenvalue weighted by atomic mass is 10.1. The van der Waals surface area contributed by atoms with Gasteiger partial charge >= 0.3 is 12.1 Å². The molecule has 2 aromatic rings. The van der Waals surface area contributed by atoms with Gasteiger partial charge in [-0.05, 0) is 30.7 Å². The van der Waals surface area contributed by atoms with Crippen molar-refractivity contribution in [2.45, 2.75) is 43.0 Å². The number of ether oxygens (including phenoxy) is 1. The number of likely N-dealkylation sites (N-methyl/N-ethyl adjacent to an activating group) is 1. The molecule has 2 aliphatic heterocycles. The molecule has 13 heteroatoms. The number of halogens is 3. The number of aliphatic carboxylic acids is 1. The van der Waals surface area contributed by atoms with E-state index in [0.29, 0.717) is 43.8 Å². The Morgan fingerprint density at radius 1 is 1.14 bits per heavy atom. The zero-order chi connectivity index (χ0) is 25.8. The first-order valence-electron chi connectivity index (χ1n) is 10.7. The lowest BCUT2D eigenvalue weighted by molar-refractivity contribution is -0.192. The number of carboxylic acids is 1. The number of hydrogen-bond donors (Lipinski definition) is 1. The first-order valence-corrected chi connectivity index (χ1v) is 12.2. The first-order chi connectivity index (χ1) is 16.5. The lowest BCUT2D eigenvalue weighted by Crippen LogP contribution is -2.47. The summed E-state index contributed by atoms with van der Waals surface area (Å²) in [6.07, 6.45) is -1.10. The number of nitrogens with zero attached hydrogens (tertiary/aromatic N) is 3. The molecular weight excluding hydrogens is 491 g/mol. The highest BCUT2D eigenvalue weighted by molar-refractivity contribution is 7.89. The van der Waals surface area contributed by atoms with Crippen LogP contribution in [0.2, 0.25) is 0 Å². The van der Waals surface area contributed by atoms with Gasteiger partial charge in [-0.1, -0.05) is 19.1 Å². The van der Waals surface area contributed by atoms with Gasteiger partial charge in [-0.2, -0.15) is 17.5 Å². The van der Waals surface area contributed by atoms with Crippen LogP contribution in [0.1, 0.15) is 30.1 Å². The number of alkyl halides is 3. The molecule has 1 aromatic carbocycles. The minimum atomic E-state index is -5.08. The summed E-state index contributed by atoms with van der Waals surface area (Å²) in [5.74, 6) is -2.45. The Bertz CT molecular complexity index is 1160. The SMILES string of the molecule is CCN1[C@H]2CCN(C(=O)c3cccnc3)CC[C@@H]2Oc2ccccc2S1(=O)=O.O=C(O)C(F)(F)F. The molecule has 1 fully saturated rings. The maximum absolute atomic E-state index is 13.2. The number of carboxylic acid groups (broad SMARTS) is 1. The normalized spacial score (nSPS) is 21.7. The number of sulfonamides is 1. The van der Waals surface area contributed by atoms with E-state index >= 15 is 0 Å². The highest BCUT2D eigenvalue weighted by Crippen LogP contribution is 2.36. The van der Waals surface area contributed by atoms with Crippen LogP contribution in [-0.2, 0) is 14.8 Å². The molecule has 0 radical (unpaired) electrons. The van der Waals surface area contributed by atoms with Gasteiger partial charge in [0.05, 0.1) is 11.6 Å². The van der Waals surface area contributed by atoms with E-state index in [4.69, 9.17) is 14.6 Å². The summed E-state index contributed by atoms with van der Waals surface area (Å²) in [6.45, 7) is 3.18. The molecule has 0 unspecified atom stereocenters. The third-order valence-electron chi connectivity index (χ3n) is 5.64. The van der Waals surface area contributed by atoms with Gasteiger partial charge in [-0.15, -0.1) is 0 Å². The number of aromatic nitrogens is 1. The van der Waals surface area contributed by atoms with Crippen molar-refractivity contribution in [2.75, 3.05) is 19.6 Å². The Morgan fingerprint density at radius 3 is 2.40 bits per heavy atom. The van der Waals surface area contributed by atoms with E-state index in [1.54, 1.807) is 53.7 Å². The van der Waals surface area contributed by atoms with E-state index < -0.39 is 22.2 Å². The van der Waals surface area contributed by atoms with Crippen LogP contribution < -0.4 is 4.74 Å². The number of para-hydroxylation sites is 1. The van der Waals surface area contributed by atoms with Gasteiger partial charge in [-0.25, -0.2) is 13.2 Å². The first kappa shape index (κ1) is 26.4. The summed E-state index contributed by atoms with van der Waals surface area (Å²) in [5, 5.41) is 7.12. The molecular formula is C22H24F3N3O6S. The minimum Gasteiger partial charge on any atom is -0.487 e. The van der Waals surface area contributed by atoms with Gasteiger partial charge in [0.25, 0.3) is 5.91 Å².